The summed E-state index contributed by atoms with van der Waals surface area (Å²) in [5.74, 6) is 0.815. The Bertz CT molecular complexity index is 1200. The number of aromatic nitrogens is 1. The van der Waals surface area contributed by atoms with Gasteiger partial charge in [0.1, 0.15) is 10.7 Å². The van der Waals surface area contributed by atoms with Gasteiger partial charge < -0.3 is 24.5 Å². The molecule has 0 fully saturated rings. The summed E-state index contributed by atoms with van der Waals surface area (Å²) < 4.78 is 30.9. The fourth-order valence-electron chi connectivity index (χ4n) is 5.23. The lowest BCUT2D eigenvalue weighted by Gasteiger charge is -2.34. The van der Waals surface area contributed by atoms with Crippen molar-refractivity contribution >= 4 is 40.3 Å². The number of rotatable bonds is 18. The normalized spacial score (nSPS) is 15.2. The summed E-state index contributed by atoms with van der Waals surface area (Å²) in [4.78, 5) is 32.5. The van der Waals surface area contributed by atoms with Crippen LogP contribution in [-0.2, 0) is 27.3 Å². The predicted molar refractivity (Wildman–Crippen MR) is 174 cm³/mol. The second-order valence-corrected chi connectivity index (χ2v) is 13.5. The highest BCUT2D eigenvalue weighted by Gasteiger charge is 2.29. The molecule has 0 radical (unpaired) electrons. The topological polar surface area (TPSA) is 130 Å². The third-order valence-corrected chi connectivity index (χ3v) is 8.73. The number of carbonyl (C=O) groups is 2. The molecule has 5 atom stereocenters. The molecule has 2 unspecified atom stereocenters. The van der Waals surface area contributed by atoms with Crippen molar-refractivity contribution in [3.05, 3.63) is 39.8 Å². The van der Waals surface area contributed by atoms with Crippen LogP contribution in [0, 0.1) is 17.8 Å². The Morgan fingerprint density at radius 1 is 1.16 bits per heavy atom. The van der Waals surface area contributed by atoms with E-state index in [1.54, 1.807) is 18.5 Å². The Kier molecular flexibility index (Phi) is 15.1. The Labute approximate surface area is 263 Å². The summed E-state index contributed by atoms with van der Waals surface area (Å²) in [6.07, 6.45) is 2.42. The van der Waals surface area contributed by atoms with E-state index in [2.05, 4.69) is 69.1 Å². The first-order valence-corrected chi connectivity index (χ1v) is 16.9. The van der Waals surface area contributed by atoms with E-state index in [9.17, 15) is 13.8 Å². The van der Waals surface area contributed by atoms with Gasteiger partial charge in [0.05, 0.1) is 5.69 Å². The second-order valence-electron chi connectivity index (χ2n) is 12.1. The molecule has 1 heterocycles. The molecule has 0 aliphatic carbocycles. The quantitative estimate of drug-likeness (QED) is 0.131. The zero-order chi connectivity index (χ0) is 32.3. The smallest absolute Gasteiger partial charge is 0.357 e. The number of amides is 1. The number of nitrogens with zero attached hydrogens (tertiary/aromatic N) is 2. The number of hydrogen-bond donors (Lipinski definition) is 3. The highest BCUT2D eigenvalue weighted by atomic mass is 32.2. The molecule has 0 saturated carbocycles. The van der Waals surface area contributed by atoms with Crippen LogP contribution < -0.4 is 14.8 Å². The van der Waals surface area contributed by atoms with Gasteiger partial charge >= 0.3 is 17.3 Å². The van der Waals surface area contributed by atoms with Gasteiger partial charge in [-0.25, -0.2) is 4.98 Å². The third-order valence-electron chi connectivity index (χ3n) is 7.47. The van der Waals surface area contributed by atoms with E-state index in [4.69, 9.17) is 13.5 Å². The minimum absolute atomic E-state index is 0.173. The summed E-state index contributed by atoms with van der Waals surface area (Å²) >= 11 is -1.10. The average molecular weight is 639 g/mol. The van der Waals surface area contributed by atoms with E-state index in [-0.39, 0.29) is 29.7 Å². The summed E-state index contributed by atoms with van der Waals surface area (Å²) in [6, 6.07) is 5.29. The van der Waals surface area contributed by atoms with Crippen molar-refractivity contribution in [2.45, 2.75) is 92.3 Å². The van der Waals surface area contributed by atoms with Gasteiger partial charge in [0.2, 0.25) is 0 Å². The highest BCUT2D eigenvalue weighted by molar-refractivity contribution is 7.74. The third kappa shape index (κ3) is 12.2. The first-order valence-electron chi connectivity index (χ1n) is 15.0. The molecule has 0 bridgehead atoms. The van der Waals surface area contributed by atoms with E-state index in [0.29, 0.717) is 47.0 Å². The molecule has 242 valence electrons. The van der Waals surface area contributed by atoms with Crippen molar-refractivity contribution in [1.82, 2.24) is 15.2 Å². The van der Waals surface area contributed by atoms with Gasteiger partial charge in [0.15, 0.2) is 11.9 Å². The first-order chi connectivity index (χ1) is 20.2. The number of nitrogens with one attached hydrogen (secondary N) is 2. The van der Waals surface area contributed by atoms with Crippen LogP contribution in [0.2, 0.25) is 0 Å². The largest absolute Gasteiger partial charge is 0.455 e. The van der Waals surface area contributed by atoms with E-state index in [1.807, 2.05) is 12.1 Å². The first kappa shape index (κ1) is 36.7. The van der Waals surface area contributed by atoms with E-state index in [0.717, 1.165) is 24.9 Å². The molecule has 1 amide bonds. The summed E-state index contributed by atoms with van der Waals surface area (Å²) in [5, 5.41) is 8.46. The molecule has 0 aliphatic heterocycles. The van der Waals surface area contributed by atoms with Crippen molar-refractivity contribution in [2.24, 2.45) is 17.8 Å². The molecule has 1 aromatic heterocycles. The maximum absolute atomic E-state index is 13.4. The number of ether oxygens (including phenoxy) is 1. The fourth-order valence-corrected chi connectivity index (χ4v) is 6.37. The molecule has 2 aromatic rings. The number of esters is 1. The Hall–Kier alpha value is -2.54. The number of thiazole rings is 1. The Morgan fingerprint density at radius 2 is 1.86 bits per heavy atom. The molecule has 12 heteroatoms. The molecule has 0 aliphatic rings. The molecule has 1 aromatic carbocycles. The molecule has 0 saturated heterocycles. The Morgan fingerprint density at radius 3 is 2.42 bits per heavy atom. The number of benzene rings is 1. The van der Waals surface area contributed by atoms with Crippen LogP contribution in [0.25, 0.3) is 0 Å². The summed E-state index contributed by atoms with van der Waals surface area (Å²) in [5.41, 5.74) is 1.80. The molecular weight excluding hydrogens is 588 g/mol. The van der Waals surface area contributed by atoms with Gasteiger partial charge in [-0.1, -0.05) is 54.0 Å². The lowest BCUT2D eigenvalue weighted by molar-refractivity contribution is -0.148. The number of hydrogen-bond acceptors (Lipinski definition) is 9. The van der Waals surface area contributed by atoms with Crippen LogP contribution in [0.4, 0.5) is 5.69 Å². The van der Waals surface area contributed by atoms with E-state index in [1.165, 1.54) is 18.3 Å². The molecule has 2 rings (SSSR count). The van der Waals surface area contributed by atoms with Crippen molar-refractivity contribution in [3.8, 4) is 5.75 Å². The van der Waals surface area contributed by atoms with Crippen molar-refractivity contribution in [3.63, 3.8) is 0 Å². The minimum atomic E-state index is -2.43. The van der Waals surface area contributed by atoms with Gasteiger partial charge in [-0.2, -0.15) is 4.21 Å². The summed E-state index contributed by atoms with van der Waals surface area (Å²) in [6.45, 7) is 15.3. The van der Waals surface area contributed by atoms with Crippen LogP contribution in [-0.4, -0.2) is 63.2 Å². The average Bonchev–Trinajstić information content (AvgIpc) is 3.41. The van der Waals surface area contributed by atoms with Gasteiger partial charge in [0.25, 0.3) is 5.91 Å². The number of carbonyl (C=O) groups excluding carboxylic acids is 2. The van der Waals surface area contributed by atoms with Crippen LogP contribution in [0.1, 0.15) is 94.9 Å². The monoisotopic (exact) mass is 638 g/mol. The maximum Gasteiger partial charge on any atom is 0.357 e. The van der Waals surface area contributed by atoms with E-state index < -0.39 is 17.5 Å². The SMILES string of the molecule is CC[C@H](C)CN(C)C(C[C@@H](OC(C)=O)c1nc(C(=O)N[C@@H](Cc2ccc(OS(=O)O)c(NC)c2)CC(C)C)cs1)C(C)C. The van der Waals surface area contributed by atoms with Crippen molar-refractivity contribution < 1.29 is 27.3 Å². The molecule has 10 nitrogen and oxygen atoms in total. The summed E-state index contributed by atoms with van der Waals surface area (Å²) in [7, 11) is 3.82. The van der Waals surface area contributed by atoms with Crippen LogP contribution >= 0.6 is 11.3 Å². The number of anilines is 1. The van der Waals surface area contributed by atoms with Crippen LogP contribution in [0.15, 0.2) is 23.6 Å². The van der Waals surface area contributed by atoms with Gasteiger partial charge in [-0.05, 0) is 55.3 Å². The maximum atomic E-state index is 13.4. The van der Waals surface area contributed by atoms with E-state index >= 15 is 0 Å². The van der Waals surface area contributed by atoms with Gasteiger partial charge in [0, 0.05) is 44.4 Å². The lowest BCUT2D eigenvalue weighted by atomic mass is 9.95. The van der Waals surface area contributed by atoms with Crippen LogP contribution in [0.3, 0.4) is 0 Å². The van der Waals surface area contributed by atoms with Crippen molar-refractivity contribution in [1.29, 1.82) is 0 Å². The zero-order valence-corrected chi connectivity index (χ0v) is 28.6. The lowest BCUT2D eigenvalue weighted by Crippen LogP contribution is -2.40. The predicted octanol–water partition coefficient (Wildman–Crippen LogP) is 6.08. The minimum Gasteiger partial charge on any atom is -0.455 e. The molecule has 3 N–H and O–H groups in total. The van der Waals surface area contributed by atoms with Gasteiger partial charge in [-0.3, -0.25) is 14.1 Å². The molecule has 0 spiro atoms. The van der Waals surface area contributed by atoms with Gasteiger partial charge in [-0.15, -0.1) is 11.3 Å². The highest BCUT2D eigenvalue weighted by Crippen LogP contribution is 2.31. The fraction of sp³-hybridized carbons (Fsp3) is 0.645. The Balaban J connectivity index is 2.24. The molecular formula is C31H50N4O6S2. The van der Waals surface area contributed by atoms with Crippen LogP contribution in [0.5, 0.6) is 5.75 Å². The van der Waals surface area contributed by atoms with Crippen molar-refractivity contribution in [2.75, 3.05) is 26.0 Å². The molecule has 43 heavy (non-hydrogen) atoms. The zero-order valence-electron chi connectivity index (χ0n) is 27.0. The standard InChI is InChI=1S/C31H50N4O6S2/c1-10-21(6)17-35(9)27(20(4)5)16-29(40-22(7)36)31-34-26(18-42-31)30(37)33-24(13-19(2)3)14-23-11-12-28(41-43(38)39)25(15-23)32-8/h11-12,15,18-21,24,27,29,32H,10,13-14,16-17H2,1-9H3,(H,33,37)(H,38,39)/t21-,24+,27?,29+/m0/s1. The second kappa shape index (κ2) is 17.7.